The molecule has 0 aromatic heterocycles. The summed E-state index contributed by atoms with van der Waals surface area (Å²) >= 11 is 12.1. The van der Waals surface area contributed by atoms with Gasteiger partial charge in [0.2, 0.25) is 0 Å². The van der Waals surface area contributed by atoms with Gasteiger partial charge in [-0.25, -0.2) is 0 Å². The van der Waals surface area contributed by atoms with E-state index in [-0.39, 0.29) is 17.4 Å². The van der Waals surface area contributed by atoms with E-state index in [0.29, 0.717) is 17.3 Å². The van der Waals surface area contributed by atoms with E-state index in [2.05, 4.69) is 0 Å². The zero-order valence-corrected chi connectivity index (χ0v) is 12.6. The van der Waals surface area contributed by atoms with Crippen LogP contribution in [0.5, 0.6) is 5.75 Å². The lowest BCUT2D eigenvalue weighted by Crippen LogP contribution is -2.18. The number of aromatic hydroxyl groups is 1. The summed E-state index contributed by atoms with van der Waals surface area (Å²) in [6.07, 6.45) is 0. The number of alkyl halides is 2. The van der Waals surface area contributed by atoms with Crippen molar-refractivity contribution in [1.29, 1.82) is 0 Å². The standard InChI is InChI=1S/C14H12Cl2N2O3/c1-17-6-8(14(15)16)13-10(17)5-11(19)7-3-2-4-9(12(7)13)18(20)21/h2-5,8,14,19H,6H2,1H3. The molecule has 0 saturated carbocycles. The van der Waals surface area contributed by atoms with Gasteiger partial charge in [0.25, 0.3) is 5.69 Å². The fourth-order valence-corrected chi connectivity index (χ4v) is 3.39. The van der Waals surface area contributed by atoms with Crippen LogP contribution in [-0.4, -0.2) is 28.5 Å². The van der Waals surface area contributed by atoms with Crippen LogP contribution in [0.2, 0.25) is 0 Å². The van der Waals surface area contributed by atoms with Gasteiger partial charge in [0.15, 0.2) is 0 Å². The first-order valence-electron chi connectivity index (χ1n) is 6.34. The second-order valence-electron chi connectivity index (χ2n) is 5.11. The highest BCUT2D eigenvalue weighted by molar-refractivity contribution is 6.45. The molecule has 0 bridgehead atoms. The lowest BCUT2D eigenvalue weighted by molar-refractivity contribution is -0.383. The smallest absolute Gasteiger partial charge is 0.277 e. The number of hydrogen-bond acceptors (Lipinski definition) is 4. The summed E-state index contributed by atoms with van der Waals surface area (Å²) in [6, 6.07) is 6.25. The summed E-state index contributed by atoms with van der Waals surface area (Å²) in [5, 5.41) is 22.4. The summed E-state index contributed by atoms with van der Waals surface area (Å²) in [5.74, 6) is -0.224. The molecule has 7 heteroatoms. The zero-order chi connectivity index (χ0) is 15.3. The second kappa shape index (κ2) is 4.93. The van der Waals surface area contributed by atoms with E-state index in [9.17, 15) is 15.2 Å². The van der Waals surface area contributed by atoms with E-state index in [0.717, 1.165) is 11.3 Å². The van der Waals surface area contributed by atoms with Gasteiger partial charge >= 0.3 is 0 Å². The summed E-state index contributed by atoms with van der Waals surface area (Å²) in [4.78, 5) is 12.1. The quantitative estimate of drug-likeness (QED) is 0.518. The monoisotopic (exact) mass is 326 g/mol. The molecule has 3 rings (SSSR count). The number of non-ortho nitro benzene ring substituents is 1. The Bertz CT molecular complexity index is 749. The van der Waals surface area contributed by atoms with Crippen molar-refractivity contribution in [1.82, 2.24) is 0 Å². The molecule has 1 heterocycles. The Hall–Kier alpha value is -1.72. The van der Waals surface area contributed by atoms with Crippen LogP contribution < -0.4 is 4.90 Å². The lowest BCUT2D eigenvalue weighted by Gasteiger charge is -2.14. The van der Waals surface area contributed by atoms with Crippen molar-refractivity contribution in [2.45, 2.75) is 10.8 Å². The van der Waals surface area contributed by atoms with Crippen LogP contribution >= 0.6 is 23.2 Å². The molecule has 1 aliphatic rings. The number of nitrogens with zero attached hydrogens (tertiary/aromatic N) is 2. The third kappa shape index (κ3) is 2.08. The molecule has 0 saturated heterocycles. The molecule has 1 aliphatic heterocycles. The van der Waals surface area contributed by atoms with E-state index in [1.807, 2.05) is 11.9 Å². The normalized spacial score (nSPS) is 17.5. The van der Waals surface area contributed by atoms with Crippen LogP contribution in [0.3, 0.4) is 0 Å². The van der Waals surface area contributed by atoms with Crippen molar-refractivity contribution in [3.63, 3.8) is 0 Å². The minimum Gasteiger partial charge on any atom is -0.507 e. The number of benzene rings is 2. The largest absolute Gasteiger partial charge is 0.507 e. The molecule has 2 aromatic carbocycles. The number of phenolic OH excluding ortho intramolecular Hbond substituents is 1. The second-order valence-corrected chi connectivity index (χ2v) is 6.27. The predicted octanol–water partition coefficient (Wildman–Crippen LogP) is 3.79. The highest BCUT2D eigenvalue weighted by atomic mass is 35.5. The Labute approximate surface area is 130 Å². The Morgan fingerprint density at radius 3 is 2.81 bits per heavy atom. The molecule has 1 atom stereocenters. The van der Waals surface area contributed by atoms with E-state index in [1.165, 1.54) is 6.07 Å². The van der Waals surface area contributed by atoms with Crippen molar-refractivity contribution in [2.75, 3.05) is 18.5 Å². The molecule has 5 nitrogen and oxygen atoms in total. The number of phenols is 1. The van der Waals surface area contributed by atoms with Gasteiger partial charge in [-0.15, -0.1) is 23.2 Å². The number of likely N-dealkylation sites (N-methyl/N-ethyl adjacent to an activating group) is 1. The highest BCUT2D eigenvalue weighted by Crippen LogP contribution is 2.49. The number of anilines is 1. The van der Waals surface area contributed by atoms with Gasteiger partial charge in [-0.1, -0.05) is 12.1 Å². The van der Waals surface area contributed by atoms with Crippen LogP contribution in [0.1, 0.15) is 11.5 Å². The molecule has 0 amide bonds. The van der Waals surface area contributed by atoms with Crippen LogP contribution in [0.4, 0.5) is 11.4 Å². The molecule has 1 unspecified atom stereocenters. The molecule has 2 aromatic rings. The van der Waals surface area contributed by atoms with Gasteiger partial charge in [-0.05, 0) is 5.56 Å². The molecule has 0 spiro atoms. The SMILES string of the molecule is CN1CC(C(Cl)Cl)c2c1cc(O)c1cccc([N+](=O)[O-])c21. The first kappa shape index (κ1) is 14.2. The van der Waals surface area contributed by atoms with E-state index in [4.69, 9.17) is 23.2 Å². The first-order valence-corrected chi connectivity index (χ1v) is 7.21. The fourth-order valence-electron chi connectivity index (χ4n) is 2.98. The van der Waals surface area contributed by atoms with Gasteiger partial charge in [0.1, 0.15) is 10.6 Å². The number of rotatable bonds is 2. The Balaban J connectivity index is 2.46. The minimum absolute atomic E-state index is 0.0145. The molecule has 0 fully saturated rings. The number of hydrogen-bond donors (Lipinski definition) is 1. The maximum absolute atomic E-state index is 11.3. The van der Waals surface area contributed by atoms with Gasteiger partial charge in [0.05, 0.1) is 10.3 Å². The van der Waals surface area contributed by atoms with Gasteiger partial charge < -0.3 is 10.0 Å². The van der Waals surface area contributed by atoms with E-state index in [1.54, 1.807) is 18.2 Å². The number of halogens is 2. The van der Waals surface area contributed by atoms with Crippen LogP contribution in [-0.2, 0) is 0 Å². The van der Waals surface area contributed by atoms with Crippen LogP contribution in [0.15, 0.2) is 24.3 Å². The molecular weight excluding hydrogens is 315 g/mol. The molecule has 0 aliphatic carbocycles. The van der Waals surface area contributed by atoms with Crippen molar-refractivity contribution in [2.24, 2.45) is 0 Å². The van der Waals surface area contributed by atoms with Gasteiger partial charge in [-0.2, -0.15) is 0 Å². The zero-order valence-electron chi connectivity index (χ0n) is 11.1. The average Bonchev–Trinajstić information content (AvgIpc) is 2.76. The van der Waals surface area contributed by atoms with E-state index >= 15 is 0 Å². The van der Waals surface area contributed by atoms with Crippen molar-refractivity contribution in [3.05, 3.63) is 39.9 Å². The summed E-state index contributed by atoms with van der Waals surface area (Å²) in [5.41, 5.74) is 1.41. The molecule has 21 heavy (non-hydrogen) atoms. The average molecular weight is 327 g/mol. The van der Waals surface area contributed by atoms with Gasteiger partial charge in [-0.3, -0.25) is 10.1 Å². The van der Waals surface area contributed by atoms with Gasteiger partial charge in [0, 0.05) is 42.7 Å². The first-order chi connectivity index (χ1) is 9.91. The van der Waals surface area contributed by atoms with Crippen LogP contribution in [0.25, 0.3) is 10.8 Å². The Morgan fingerprint density at radius 1 is 1.48 bits per heavy atom. The molecule has 1 N–H and O–H groups in total. The molecule has 110 valence electrons. The van der Waals surface area contributed by atoms with Crippen molar-refractivity contribution < 1.29 is 10.0 Å². The Kier molecular flexibility index (Phi) is 3.34. The topological polar surface area (TPSA) is 66.6 Å². The lowest BCUT2D eigenvalue weighted by atomic mass is 9.94. The number of fused-ring (bicyclic) bond motifs is 3. The summed E-state index contributed by atoms with van der Waals surface area (Å²) < 4.78 is 0. The summed E-state index contributed by atoms with van der Waals surface area (Å²) in [7, 11) is 1.84. The van der Waals surface area contributed by atoms with Crippen LogP contribution in [0, 0.1) is 10.1 Å². The maximum atomic E-state index is 11.3. The molecule has 0 radical (unpaired) electrons. The van der Waals surface area contributed by atoms with Crippen molar-refractivity contribution in [3.8, 4) is 5.75 Å². The number of nitro groups is 1. The van der Waals surface area contributed by atoms with E-state index < -0.39 is 9.76 Å². The fraction of sp³-hybridized carbons (Fsp3) is 0.286. The third-order valence-electron chi connectivity index (χ3n) is 3.89. The summed E-state index contributed by atoms with van der Waals surface area (Å²) in [6.45, 7) is 0.553. The maximum Gasteiger partial charge on any atom is 0.277 e. The minimum atomic E-state index is -0.679. The molecular formula is C14H12Cl2N2O3. The predicted molar refractivity (Wildman–Crippen MR) is 83.8 cm³/mol. The number of nitro benzene ring substituents is 1. The highest BCUT2D eigenvalue weighted by Gasteiger charge is 2.36. The van der Waals surface area contributed by atoms with Crippen molar-refractivity contribution >= 4 is 45.3 Å². The Morgan fingerprint density at radius 2 is 2.19 bits per heavy atom. The third-order valence-corrected chi connectivity index (χ3v) is 4.50.